The first-order chi connectivity index (χ1) is 10.1. The van der Waals surface area contributed by atoms with Gasteiger partial charge < -0.3 is 5.32 Å². The summed E-state index contributed by atoms with van der Waals surface area (Å²) in [5.74, 6) is 0.735. The maximum absolute atomic E-state index is 10.7. The van der Waals surface area contributed by atoms with Gasteiger partial charge in [-0.05, 0) is 42.0 Å². The number of anilines is 1. The molecule has 0 unspecified atom stereocenters. The van der Waals surface area contributed by atoms with E-state index in [1.165, 1.54) is 30.0 Å². The van der Waals surface area contributed by atoms with Crippen molar-refractivity contribution >= 4 is 23.0 Å². The smallest absolute Gasteiger partial charge is 0.288 e. The van der Waals surface area contributed by atoms with Gasteiger partial charge in [-0.3, -0.25) is 10.1 Å². The molecule has 108 valence electrons. The van der Waals surface area contributed by atoms with Crippen LogP contribution in [0.5, 0.6) is 0 Å². The fourth-order valence-electron chi connectivity index (χ4n) is 2.34. The molecule has 2 aromatic carbocycles. The first-order valence-corrected chi connectivity index (χ1v) is 7.28. The Morgan fingerprint density at radius 1 is 1.24 bits per heavy atom. The van der Waals surface area contributed by atoms with Crippen molar-refractivity contribution in [2.75, 3.05) is 5.32 Å². The van der Waals surface area contributed by atoms with Crippen LogP contribution >= 0.6 is 11.6 Å². The highest BCUT2D eigenvalue weighted by atomic mass is 35.5. The summed E-state index contributed by atoms with van der Waals surface area (Å²) in [7, 11) is 0. The van der Waals surface area contributed by atoms with Crippen molar-refractivity contribution in [3.8, 4) is 0 Å². The number of halogens is 1. The zero-order chi connectivity index (χ0) is 14.8. The molecule has 3 rings (SSSR count). The van der Waals surface area contributed by atoms with E-state index in [4.69, 9.17) is 11.6 Å². The van der Waals surface area contributed by atoms with Crippen LogP contribution in [0, 0.1) is 10.1 Å². The van der Waals surface area contributed by atoms with Crippen LogP contribution in [0.15, 0.2) is 42.5 Å². The summed E-state index contributed by atoms with van der Waals surface area (Å²) in [5, 5.41) is 14.1. The number of hydrogen-bond donors (Lipinski definition) is 1. The number of rotatable bonds is 5. The van der Waals surface area contributed by atoms with Crippen molar-refractivity contribution < 1.29 is 4.92 Å². The van der Waals surface area contributed by atoms with Crippen molar-refractivity contribution in [3.63, 3.8) is 0 Å². The monoisotopic (exact) mass is 302 g/mol. The number of nitro benzene ring substituents is 1. The molecule has 1 fully saturated rings. The second-order valence-corrected chi connectivity index (χ2v) is 5.70. The molecule has 1 aliphatic rings. The third kappa shape index (κ3) is 3.34. The molecule has 0 aromatic heterocycles. The highest BCUT2D eigenvalue weighted by Gasteiger charge is 2.23. The molecule has 1 N–H and O–H groups in total. The minimum absolute atomic E-state index is 0.0713. The van der Waals surface area contributed by atoms with Crippen LogP contribution in [0.2, 0.25) is 5.02 Å². The van der Waals surface area contributed by atoms with Gasteiger partial charge >= 0.3 is 0 Å². The van der Waals surface area contributed by atoms with Crippen LogP contribution in [-0.4, -0.2) is 4.92 Å². The summed E-state index contributed by atoms with van der Waals surface area (Å²) in [6.45, 7) is 0.675. The van der Waals surface area contributed by atoms with Crippen LogP contribution < -0.4 is 5.32 Å². The molecular weight excluding hydrogens is 288 g/mol. The van der Waals surface area contributed by atoms with Crippen molar-refractivity contribution in [2.45, 2.75) is 25.3 Å². The summed E-state index contributed by atoms with van der Waals surface area (Å²) in [4.78, 5) is 10.2. The highest BCUT2D eigenvalue weighted by molar-refractivity contribution is 6.32. The molecule has 4 nitrogen and oxygen atoms in total. The topological polar surface area (TPSA) is 55.2 Å². The number of nitrogens with zero attached hydrogens (tertiary/aromatic N) is 1. The molecule has 0 aliphatic heterocycles. The SMILES string of the molecule is O=[N+]([O-])c1ccc(NCc2cccc(C3CC3)c2)cc1Cl. The van der Waals surface area contributed by atoms with E-state index in [-0.39, 0.29) is 10.7 Å². The van der Waals surface area contributed by atoms with Crippen LogP contribution in [0.4, 0.5) is 11.4 Å². The largest absolute Gasteiger partial charge is 0.381 e. The van der Waals surface area contributed by atoms with Gasteiger partial charge in [0.25, 0.3) is 5.69 Å². The molecule has 0 heterocycles. The van der Waals surface area contributed by atoms with E-state index < -0.39 is 4.92 Å². The Hall–Kier alpha value is -2.07. The zero-order valence-corrected chi connectivity index (χ0v) is 12.1. The second-order valence-electron chi connectivity index (χ2n) is 5.30. The van der Waals surface area contributed by atoms with Crippen LogP contribution in [-0.2, 0) is 6.54 Å². The van der Waals surface area contributed by atoms with Gasteiger partial charge in [0.05, 0.1) is 4.92 Å². The Balaban J connectivity index is 1.68. The lowest BCUT2D eigenvalue weighted by molar-refractivity contribution is -0.384. The molecule has 21 heavy (non-hydrogen) atoms. The van der Waals surface area contributed by atoms with E-state index in [2.05, 4.69) is 29.6 Å². The minimum Gasteiger partial charge on any atom is -0.381 e. The molecule has 1 saturated carbocycles. The Morgan fingerprint density at radius 2 is 2.05 bits per heavy atom. The lowest BCUT2D eigenvalue weighted by Crippen LogP contribution is -2.00. The van der Waals surface area contributed by atoms with Crippen molar-refractivity contribution in [1.82, 2.24) is 0 Å². The number of benzene rings is 2. The minimum atomic E-state index is -0.481. The Bertz CT molecular complexity index is 684. The average molecular weight is 303 g/mol. The van der Waals surface area contributed by atoms with E-state index in [0.29, 0.717) is 6.54 Å². The van der Waals surface area contributed by atoms with Gasteiger partial charge in [0.2, 0.25) is 0 Å². The van der Waals surface area contributed by atoms with E-state index in [1.54, 1.807) is 12.1 Å². The lowest BCUT2D eigenvalue weighted by Gasteiger charge is -2.08. The maximum Gasteiger partial charge on any atom is 0.288 e. The maximum atomic E-state index is 10.7. The summed E-state index contributed by atoms with van der Waals surface area (Å²) in [5.41, 5.74) is 3.31. The third-order valence-corrected chi connectivity index (χ3v) is 3.94. The third-order valence-electron chi connectivity index (χ3n) is 3.64. The van der Waals surface area contributed by atoms with Gasteiger partial charge in [-0.15, -0.1) is 0 Å². The Morgan fingerprint density at radius 3 is 2.71 bits per heavy atom. The quantitative estimate of drug-likeness (QED) is 0.641. The molecule has 1 aliphatic carbocycles. The predicted molar refractivity (Wildman–Crippen MR) is 83.9 cm³/mol. The Kier molecular flexibility index (Phi) is 3.80. The standard InChI is InChI=1S/C16H15ClN2O2/c17-15-9-14(6-7-16(15)19(20)21)18-10-11-2-1-3-13(8-11)12-4-5-12/h1-3,6-9,12,18H,4-5,10H2. The van der Waals surface area contributed by atoms with Crippen molar-refractivity contribution in [2.24, 2.45) is 0 Å². The Labute approximate surface area is 127 Å². The highest BCUT2D eigenvalue weighted by Crippen LogP contribution is 2.40. The van der Waals surface area contributed by atoms with Gasteiger partial charge in [-0.1, -0.05) is 35.9 Å². The van der Waals surface area contributed by atoms with E-state index >= 15 is 0 Å². The predicted octanol–water partition coefficient (Wildman–Crippen LogP) is 4.74. The molecule has 0 radical (unpaired) electrons. The summed E-state index contributed by atoms with van der Waals surface area (Å²) in [6, 6.07) is 13.2. The molecular formula is C16H15ClN2O2. The van der Waals surface area contributed by atoms with Crippen LogP contribution in [0.1, 0.15) is 29.9 Å². The number of hydrogen-bond acceptors (Lipinski definition) is 3. The van der Waals surface area contributed by atoms with E-state index in [0.717, 1.165) is 11.6 Å². The normalized spacial score (nSPS) is 14.0. The van der Waals surface area contributed by atoms with Gasteiger partial charge in [0.15, 0.2) is 0 Å². The summed E-state index contributed by atoms with van der Waals surface area (Å²) < 4.78 is 0. The van der Waals surface area contributed by atoms with E-state index in [9.17, 15) is 10.1 Å². The van der Waals surface area contributed by atoms with Gasteiger partial charge in [0, 0.05) is 18.3 Å². The average Bonchev–Trinajstić information content (AvgIpc) is 3.30. The first-order valence-electron chi connectivity index (χ1n) is 6.90. The van der Waals surface area contributed by atoms with Gasteiger partial charge in [-0.25, -0.2) is 0 Å². The number of nitrogens with one attached hydrogen (secondary N) is 1. The molecule has 0 saturated heterocycles. The fraction of sp³-hybridized carbons (Fsp3) is 0.250. The molecule has 0 atom stereocenters. The molecule has 0 bridgehead atoms. The van der Waals surface area contributed by atoms with Gasteiger partial charge in [-0.2, -0.15) is 0 Å². The lowest BCUT2D eigenvalue weighted by atomic mass is 10.1. The zero-order valence-electron chi connectivity index (χ0n) is 11.4. The molecule has 0 spiro atoms. The first kappa shape index (κ1) is 13.9. The summed E-state index contributed by atoms with van der Waals surface area (Å²) >= 11 is 5.90. The van der Waals surface area contributed by atoms with Gasteiger partial charge in [0.1, 0.15) is 5.02 Å². The fourth-order valence-corrected chi connectivity index (χ4v) is 2.59. The van der Waals surface area contributed by atoms with Crippen molar-refractivity contribution in [1.29, 1.82) is 0 Å². The van der Waals surface area contributed by atoms with Crippen LogP contribution in [0.25, 0.3) is 0 Å². The van der Waals surface area contributed by atoms with Crippen LogP contribution in [0.3, 0.4) is 0 Å². The second kappa shape index (κ2) is 5.74. The number of nitro groups is 1. The summed E-state index contributed by atoms with van der Waals surface area (Å²) in [6.07, 6.45) is 2.57. The molecule has 0 amide bonds. The van der Waals surface area contributed by atoms with Crippen molar-refractivity contribution in [3.05, 3.63) is 68.7 Å². The molecule has 5 heteroatoms. The molecule has 2 aromatic rings. The van der Waals surface area contributed by atoms with E-state index in [1.807, 2.05) is 0 Å².